The highest BCUT2D eigenvalue weighted by Crippen LogP contribution is 2.31. The van der Waals surface area contributed by atoms with E-state index in [9.17, 15) is 30.0 Å². The predicted octanol–water partition coefficient (Wildman–Crippen LogP) is 3.21. The van der Waals surface area contributed by atoms with Gasteiger partial charge in [-0.15, -0.1) is 0 Å². The fourth-order valence-corrected chi connectivity index (χ4v) is 9.08. The Morgan fingerprint density at radius 2 is 1.30 bits per heavy atom. The molecule has 0 spiro atoms. The van der Waals surface area contributed by atoms with Crippen LogP contribution in [0.5, 0.6) is 11.5 Å². The third-order valence-corrected chi connectivity index (χ3v) is 12.6. The molecule has 1 fully saturated rings. The van der Waals surface area contributed by atoms with Gasteiger partial charge in [-0.3, -0.25) is 9.52 Å². The van der Waals surface area contributed by atoms with Crippen LogP contribution in [0.15, 0.2) is 118 Å². The number of rotatable bonds is 11. The van der Waals surface area contributed by atoms with E-state index >= 15 is 0 Å². The van der Waals surface area contributed by atoms with E-state index in [1.165, 1.54) is 68.8 Å². The van der Waals surface area contributed by atoms with Crippen molar-refractivity contribution in [2.75, 3.05) is 43.9 Å². The number of nitrogens with zero attached hydrogens (tertiary/aromatic N) is 2. The zero-order chi connectivity index (χ0) is 33.8. The van der Waals surface area contributed by atoms with E-state index in [1.807, 2.05) is 0 Å². The van der Waals surface area contributed by atoms with Crippen LogP contribution in [0.1, 0.15) is 0 Å². The lowest BCUT2D eigenvalue weighted by Crippen LogP contribution is -2.60. The first-order valence-corrected chi connectivity index (χ1v) is 18.5. The SMILES string of the molecule is COc1ccc(OC)c(NS(=O)(=O)c2ccc(NC(=O)[C@@H]3CN(S(=O)(=O)c4ccccc4)CCN3S(=O)(=O)c3ccccc3)cc2)c1. The summed E-state index contributed by atoms with van der Waals surface area (Å²) in [7, 11) is -9.52. The van der Waals surface area contributed by atoms with Crippen molar-refractivity contribution >= 4 is 47.4 Å². The van der Waals surface area contributed by atoms with Crippen LogP contribution in [0, 0.1) is 0 Å². The average molecular weight is 701 g/mol. The molecule has 5 rings (SSSR count). The van der Waals surface area contributed by atoms with Gasteiger partial charge in [0.2, 0.25) is 26.0 Å². The molecule has 1 aliphatic rings. The molecular weight excluding hydrogens is 669 g/mol. The van der Waals surface area contributed by atoms with Gasteiger partial charge in [-0.05, 0) is 60.7 Å². The van der Waals surface area contributed by atoms with Gasteiger partial charge in [0.05, 0.1) is 34.6 Å². The van der Waals surface area contributed by atoms with E-state index in [2.05, 4.69) is 10.0 Å². The summed E-state index contributed by atoms with van der Waals surface area (Å²) in [5, 5.41) is 2.62. The summed E-state index contributed by atoms with van der Waals surface area (Å²) < 4.78 is 95.4. The first-order chi connectivity index (χ1) is 22.4. The third kappa shape index (κ3) is 7.26. The normalized spacial score (nSPS) is 16.3. The number of sulfonamides is 3. The van der Waals surface area contributed by atoms with Crippen molar-refractivity contribution in [3.05, 3.63) is 103 Å². The van der Waals surface area contributed by atoms with Gasteiger partial charge in [-0.25, -0.2) is 25.3 Å². The fourth-order valence-electron chi connectivity index (χ4n) is 4.97. The molecule has 2 N–H and O–H groups in total. The minimum Gasteiger partial charge on any atom is -0.497 e. The van der Waals surface area contributed by atoms with E-state index in [-0.39, 0.29) is 44.9 Å². The summed E-state index contributed by atoms with van der Waals surface area (Å²) in [5.41, 5.74) is 0.310. The second-order valence-electron chi connectivity index (χ2n) is 10.3. The largest absolute Gasteiger partial charge is 0.497 e. The molecule has 47 heavy (non-hydrogen) atoms. The molecule has 1 heterocycles. The number of benzene rings is 4. The van der Waals surface area contributed by atoms with Gasteiger partial charge in [0.15, 0.2) is 0 Å². The zero-order valence-electron chi connectivity index (χ0n) is 25.3. The van der Waals surface area contributed by atoms with Gasteiger partial charge in [0, 0.05) is 31.4 Å². The summed E-state index contributed by atoms with van der Waals surface area (Å²) in [4.78, 5) is 13.6. The monoisotopic (exact) mass is 700 g/mol. The quantitative estimate of drug-likeness (QED) is 0.239. The van der Waals surface area contributed by atoms with E-state index in [0.717, 1.165) is 8.61 Å². The van der Waals surface area contributed by atoms with Crippen LogP contribution < -0.4 is 19.5 Å². The molecular formula is C31H32N4O9S3. The molecule has 1 aliphatic heterocycles. The summed E-state index contributed by atoms with van der Waals surface area (Å²) in [6, 6.07) is 23.6. The Labute approximate surface area is 273 Å². The first-order valence-electron chi connectivity index (χ1n) is 14.1. The molecule has 16 heteroatoms. The number of carbonyl (C=O) groups excluding carboxylic acids is 1. The lowest BCUT2D eigenvalue weighted by atomic mass is 10.2. The molecule has 1 saturated heterocycles. The predicted molar refractivity (Wildman–Crippen MR) is 175 cm³/mol. The summed E-state index contributed by atoms with van der Waals surface area (Å²) in [6.07, 6.45) is 0. The minimum atomic E-state index is -4.20. The number of hydrogen-bond donors (Lipinski definition) is 2. The van der Waals surface area contributed by atoms with Gasteiger partial charge >= 0.3 is 0 Å². The standard InChI is InChI=1S/C31H32N4O9S3/c1-43-24-15-18-30(44-2)28(21-24)33-45(37,38)25-16-13-23(14-17-25)32-31(36)29-22-34(46(39,40)26-9-5-3-6-10-26)19-20-35(29)47(41,42)27-11-7-4-8-12-27/h3-18,21,29,33H,19-20,22H2,1-2H3,(H,32,36)/t29-/m0/s1. The summed E-state index contributed by atoms with van der Waals surface area (Å²) in [6.45, 7) is -0.906. The molecule has 4 aromatic rings. The molecule has 0 unspecified atom stereocenters. The Hall–Kier alpha value is -4.48. The van der Waals surface area contributed by atoms with Gasteiger partial charge < -0.3 is 14.8 Å². The molecule has 0 aliphatic carbocycles. The Morgan fingerprint density at radius 3 is 1.87 bits per heavy atom. The molecule has 4 aromatic carbocycles. The van der Waals surface area contributed by atoms with Gasteiger partial charge in [-0.1, -0.05) is 36.4 Å². The summed E-state index contributed by atoms with van der Waals surface area (Å²) >= 11 is 0. The number of hydrogen-bond acceptors (Lipinski definition) is 9. The van der Waals surface area contributed by atoms with Crippen molar-refractivity contribution in [3.63, 3.8) is 0 Å². The Morgan fingerprint density at radius 1 is 0.702 bits per heavy atom. The molecule has 1 amide bonds. The number of anilines is 2. The van der Waals surface area contributed by atoms with Gasteiger partial charge in [-0.2, -0.15) is 8.61 Å². The van der Waals surface area contributed by atoms with Gasteiger partial charge in [0.25, 0.3) is 10.0 Å². The minimum absolute atomic E-state index is 0.00972. The topological polar surface area (TPSA) is 168 Å². The van der Waals surface area contributed by atoms with Crippen LogP contribution in [0.4, 0.5) is 11.4 Å². The maximum atomic E-state index is 13.7. The van der Waals surface area contributed by atoms with Gasteiger partial charge in [0.1, 0.15) is 17.5 Å². The number of piperazine rings is 1. The van der Waals surface area contributed by atoms with E-state index in [4.69, 9.17) is 9.47 Å². The molecule has 0 radical (unpaired) electrons. The second-order valence-corrected chi connectivity index (χ2v) is 15.8. The number of amides is 1. The number of ether oxygens (including phenoxy) is 2. The Balaban J connectivity index is 1.40. The first kappa shape index (κ1) is 33.9. The molecule has 248 valence electrons. The Kier molecular flexibility index (Phi) is 9.88. The van der Waals surface area contributed by atoms with Crippen molar-refractivity contribution in [1.29, 1.82) is 0 Å². The van der Waals surface area contributed by atoms with Crippen molar-refractivity contribution in [1.82, 2.24) is 8.61 Å². The van der Waals surface area contributed by atoms with Crippen molar-refractivity contribution in [2.45, 2.75) is 20.7 Å². The fraction of sp³-hybridized carbons (Fsp3) is 0.194. The van der Waals surface area contributed by atoms with Crippen LogP contribution in [0.2, 0.25) is 0 Å². The molecule has 1 atom stereocenters. The lowest BCUT2D eigenvalue weighted by molar-refractivity contribution is -0.120. The highest BCUT2D eigenvalue weighted by atomic mass is 32.2. The lowest BCUT2D eigenvalue weighted by Gasteiger charge is -2.38. The molecule has 0 bridgehead atoms. The van der Waals surface area contributed by atoms with Crippen LogP contribution in [-0.4, -0.2) is 79.7 Å². The van der Waals surface area contributed by atoms with Crippen LogP contribution >= 0.6 is 0 Å². The number of nitrogens with one attached hydrogen (secondary N) is 2. The van der Waals surface area contributed by atoms with Crippen molar-refractivity contribution < 1.29 is 39.5 Å². The van der Waals surface area contributed by atoms with Crippen molar-refractivity contribution in [2.24, 2.45) is 0 Å². The average Bonchev–Trinajstić information content (AvgIpc) is 3.08. The highest BCUT2D eigenvalue weighted by Gasteiger charge is 2.43. The maximum absolute atomic E-state index is 13.7. The third-order valence-electron chi connectivity index (χ3n) is 7.41. The van der Waals surface area contributed by atoms with E-state index in [0.29, 0.717) is 5.75 Å². The number of methoxy groups -OCH3 is 2. The highest BCUT2D eigenvalue weighted by molar-refractivity contribution is 7.92. The van der Waals surface area contributed by atoms with Crippen LogP contribution in [0.3, 0.4) is 0 Å². The summed E-state index contributed by atoms with van der Waals surface area (Å²) in [5.74, 6) is -0.126. The molecule has 0 saturated carbocycles. The van der Waals surface area contributed by atoms with E-state index < -0.39 is 48.6 Å². The van der Waals surface area contributed by atoms with E-state index in [1.54, 1.807) is 48.5 Å². The smallest absolute Gasteiger partial charge is 0.262 e. The zero-order valence-corrected chi connectivity index (χ0v) is 27.8. The molecule has 13 nitrogen and oxygen atoms in total. The molecule has 0 aromatic heterocycles. The van der Waals surface area contributed by atoms with Crippen LogP contribution in [-0.2, 0) is 34.9 Å². The van der Waals surface area contributed by atoms with Crippen molar-refractivity contribution in [3.8, 4) is 11.5 Å². The van der Waals surface area contributed by atoms with Crippen LogP contribution in [0.25, 0.3) is 0 Å². The Bertz CT molecular complexity index is 2060. The maximum Gasteiger partial charge on any atom is 0.262 e. The number of carbonyl (C=O) groups is 1. The second kappa shape index (κ2) is 13.7.